The van der Waals surface area contributed by atoms with Gasteiger partial charge in [-0.25, -0.2) is 4.98 Å². The monoisotopic (exact) mass is 265 g/mol. The van der Waals surface area contributed by atoms with Crippen LogP contribution in [0.1, 0.15) is 31.5 Å². The van der Waals surface area contributed by atoms with E-state index in [-0.39, 0.29) is 18.9 Å². The highest BCUT2D eigenvalue weighted by Gasteiger charge is 2.42. The fraction of sp³-hybridized carbons (Fsp3) is 0.800. The topological polar surface area (TPSA) is 37.8 Å². The molecular weight excluding hydrogens is 251 g/mol. The maximum absolute atomic E-state index is 12.6. The zero-order valence-corrected chi connectivity index (χ0v) is 10.2. The van der Waals surface area contributed by atoms with Gasteiger partial charge < -0.3 is 5.32 Å². The van der Waals surface area contributed by atoms with Crippen LogP contribution in [0, 0.1) is 12.8 Å². The molecule has 2 atom stereocenters. The number of rotatable bonds is 2. The van der Waals surface area contributed by atoms with Gasteiger partial charge in [0, 0.05) is 17.6 Å². The van der Waals surface area contributed by atoms with Crippen LogP contribution < -0.4 is 5.32 Å². The van der Waals surface area contributed by atoms with E-state index in [4.69, 9.17) is 0 Å². The second-order valence-corrected chi connectivity index (χ2v) is 5.14. The van der Waals surface area contributed by atoms with Gasteiger partial charge in [-0.1, -0.05) is 6.42 Å². The molecule has 0 saturated heterocycles. The number of hydrogen-bond donors (Lipinski definition) is 1. The molecule has 1 saturated carbocycles. The van der Waals surface area contributed by atoms with Gasteiger partial charge in [0.2, 0.25) is 5.13 Å². The molecule has 1 aliphatic carbocycles. The molecule has 96 valence electrons. The first-order valence-electron chi connectivity index (χ1n) is 5.58. The van der Waals surface area contributed by atoms with Crippen LogP contribution in [0.5, 0.6) is 0 Å². The molecule has 17 heavy (non-hydrogen) atoms. The third-order valence-corrected chi connectivity index (χ3v) is 3.73. The molecule has 0 radical (unpaired) electrons. The van der Waals surface area contributed by atoms with E-state index in [0.29, 0.717) is 17.4 Å². The second-order valence-electron chi connectivity index (χ2n) is 4.39. The van der Waals surface area contributed by atoms with E-state index >= 15 is 0 Å². The van der Waals surface area contributed by atoms with Crippen LogP contribution >= 0.6 is 11.5 Å². The molecule has 1 fully saturated rings. The summed E-state index contributed by atoms with van der Waals surface area (Å²) in [7, 11) is 0. The molecule has 0 spiro atoms. The quantitative estimate of drug-likeness (QED) is 0.890. The number of hydrogen-bond acceptors (Lipinski definition) is 4. The molecule has 2 rings (SSSR count). The normalized spacial score (nSPS) is 25.9. The predicted octanol–water partition coefficient (Wildman–Crippen LogP) is 3.38. The summed E-state index contributed by atoms with van der Waals surface area (Å²) in [5.41, 5.74) is 0. The smallest absolute Gasteiger partial charge is 0.358 e. The molecule has 0 aliphatic heterocycles. The van der Waals surface area contributed by atoms with Gasteiger partial charge in [-0.2, -0.15) is 17.5 Å². The number of halogens is 3. The lowest BCUT2D eigenvalue weighted by Crippen LogP contribution is -2.34. The van der Waals surface area contributed by atoms with Gasteiger partial charge in [0.1, 0.15) is 5.82 Å². The Morgan fingerprint density at radius 3 is 2.71 bits per heavy atom. The number of aromatic nitrogens is 2. The molecule has 1 aromatic heterocycles. The lowest BCUT2D eigenvalue weighted by Gasteiger charge is -2.30. The molecule has 1 aromatic rings. The summed E-state index contributed by atoms with van der Waals surface area (Å²) in [6.45, 7) is 1.76. The highest BCUT2D eigenvalue weighted by molar-refractivity contribution is 7.09. The van der Waals surface area contributed by atoms with Crippen LogP contribution in [0.2, 0.25) is 0 Å². The molecule has 0 bridgehead atoms. The lowest BCUT2D eigenvalue weighted by molar-refractivity contribution is -0.182. The van der Waals surface area contributed by atoms with Gasteiger partial charge >= 0.3 is 6.18 Å². The van der Waals surface area contributed by atoms with Crippen LogP contribution in [0.4, 0.5) is 18.3 Å². The third-order valence-electron chi connectivity index (χ3n) is 2.99. The number of aryl methyl sites for hydroxylation is 1. The van der Waals surface area contributed by atoms with Crippen molar-refractivity contribution in [2.45, 2.75) is 44.8 Å². The first-order chi connectivity index (χ1) is 7.95. The maximum Gasteiger partial charge on any atom is 0.391 e. The number of anilines is 1. The van der Waals surface area contributed by atoms with E-state index in [1.54, 1.807) is 6.92 Å². The first kappa shape index (κ1) is 12.6. The fourth-order valence-corrected chi connectivity index (χ4v) is 2.80. The van der Waals surface area contributed by atoms with Crippen molar-refractivity contribution >= 4 is 16.7 Å². The Morgan fingerprint density at radius 1 is 1.35 bits per heavy atom. The Hall–Kier alpha value is -0.850. The summed E-state index contributed by atoms with van der Waals surface area (Å²) in [5, 5.41) is 3.67. The molecule has 1 N–H and O–H groups in total. The Balaban J connectivity index is 1.94. The summed E-state index contributed by atoms with van der Waals surface area (Å²) < 4.78 is 41.8. The average molecular weight is 265 g/mol. The Kier molecular flexibility index (Phi) is 3.56. The van der Waals surface area contributed by atoms with E-state index in [0.717, 1.165) is 6.42 Å². The van der Waals surface area contributed by atoms with Gasteiger partial charge in [0.15, 0.2) is 0 Å². The van der Waals surface area contributed by atoms with Crippen LogP contribution in [-0.4, -0.2) is 21.6 Å². The standard InChI is InChI=1S/C10H14F3N3S/c1-6-14-9(17-16-6)15-8-4-2-3-7(5-8)10(11,12)13/h7-8H,2-5H2,1H3,(H,14,15,16). The second kappa shape index (κ2) is 4.80. The SMILES string of the molecule is Cc1nsc(NC2CCCC(C(F)(F)F)C2)n1. The average Bonchev–Trinajstić information content (AvgIpc) is 2.63. The van der Waals surface area contributed by atoms with Gasteiger partial charge in [-0.3, -0.25) is 0 Å². The van der Waals surface area contributed by atoms with E-state index in [1.165, 1.54) is 11.5 Å². The summed E-state index contributed by atoms with van der Waals surface area (Å²) in [6, 6.07) is -0.136. The summed E-state index contributed by atoms with van der Waals surface area (Å²) in [5.74, 6) is -0.525. The van der Waals surface area contributed by atoms with E-state index in [2.05, 4.69) is 14.7 Å². The highest BCUT2D eigenvalue weighted by atomic mass is 32.1. The van der Waals surface area contributed by atoms with E-state index < -0.39 is 12.1 Å². The Morgan fingerprint density at radius 2 is 2.12 bits per heavy atom. The summed E-state index contributed by atoms with van der Waals surface area (Å²) >= 11 is 1.20. The first-order valence-corrected chi connectivity index (χ1v) is 6.36. The van der Waals surface area contributed by atoms with Crippen LogP contribution in [0.25, 0.3) is 0 Å². The van der Waals surface area contributed by atoms with Crippen molar-refractivity contribution in [2.24, 2.45) is 5.92 Å². The molecule has 0 aromatic carbocycles. The lowest BCUT2D eigenvalue weighted by atomic mass is 9.85. The Bertz CT molecular complexity index is 377. The van der Waals surface area contributed by atoms with Crippen molar-refractivity contribution < 1.29 is 13.2 Å². The van der Waals surface area contributed by atoms with Gasteiger partial charge in [-0.05, 0) is 26.2 Å². The van der Waals surface area contributed by atoms with Crippen molar-refractivity contribution in [1.29, 1.82) is 0 Å². The molecule has 1 aliphatic rings. The molecular formula is C10H14F3N3S. The zero-order valence-electron chi connectivity index (χ0n) is 9.42. The van der Waals surface area contributed by atoms with Gasteiger partial charge in [0.05, 0.1) is 5.92 Å². The molecule has 7 heteroatoms. The largest absolute Gasteiger partial charge is 0.391 e. The van der Waals surface area contributed by atoms with Crippen molar-refractivity contribution in [3.8, 4) is 0 Å². The van der Waals surface area contributed by atoms with Crippen molar-refractivity contribution in [1.82, 2.24) is 9.36 Å². The van der Waals surface area contributed by atoms with E-state index in [9.17, 15) is 13.2 Å². The minimum Gasteiger partial charge on any atom is -0.358 e. The van der Waals surface area contributed by atoms with Crippen LogP contribution in [0.15, 0.2) is 0 Å². The molecule has 3 nitrogen and oxygen atoms in total. The summed E-state index contributed by atoms with van der Waals surface area (Å²) in [6.07, 6.45) is -2.30. The third kappa shape index (κ3) is 3.31. The van der Waals surface area contributed by atoms with E-state index in [1.807, 2.05) is 0 Å². The molecule has 1 heterocycles. The predicted molar refractivity (Wildman–Crippen MR) is 60.1 cm³/mol. The fourth-order valence-electron chi connectivity index (χ4n) is 2.15. The number of nitrogens with one attached hydrogen (secondary N) is 1. The molecule has 0 amide bonds. The van der Waals surface area contributed by atoms with Crippen LogP contribution in [0.3, 0.4) is 0 Å². The van der Waals surface area contributed by atoms with Crippen molar-refractivity contribution in [3.05, 3.63) is 5.82 Å². The van der Waals surface area contributed by atoms with Gasteiger partial charge in [0.25, 0.3) is 0 Å². The molecule has 2 unspecified atom stereocenters. The maximum atomic E-state index is 12.6. The zero-order chi connectivity index (χ0) is 12.5. The van der Waals surface area contributed by atoms with Crippen molar-refractivity contribution in [2.75, 3.05) is 5.32 Å². The van der Waals surface area contributed by atoms with Crippen molar-refractivity contribution in [3.63, 3.8) is 0 Å². The number of nitrogens with zero attached hydrogens (tertiary/aromatic N) is 2. The number of alkyl halides is 3. The minimum atomic E-state index is -4.07. The highest BCUT2D eigenvalue weighted by Crippen LogP contribution is 2.38. The minimum absolute atomic E-state index is 0.136. The van der Waals surface area contributed by atoms with Crippen LogP contribution in [-0.2, 0) is 0 Å². The Labute approximate surface area is 102 Å². The van der Waals surface area contributed by atoms with Gasteiger partial charge in [-0.15, -0.1) is 0 Å². The summed E-state index contributed by atoms with van der Waals surface area (Å²) in [4.78, 5) is 4.11.